The second-order valence-corrected chi connectivity index (χ2v) is 6.72. The summed E-state index contributed by atoms with van der Waals surface area (Å²) in [6.07, 6.45) is 0. The number of thioether (sulfide) groups is 1. The third-order valence-electron chi connectivity index (χ3n) is 2.88. The lowest BCUT2D eigenvalue weighted by Gasteiger charge is -2.06. The number of aromatic nitrogens is 5. The van der Waals surface area contributed by atoms with E-state index in [4.69, 9.17) is 0 Å². The molecule has 0 saturated heterocycles. The molecule has 0 aliphatic heterocycles. The van der Waals surface area contributed by atoms with E-state index in [2.05, 4.69) is 45.1 Å². The number of rotatable bonds is 6. The van der Waals surface area contributed by atoms with Crippen LogP contribution in [0.1, 0.15) is 25.6 Å². The summed E-state index contributed by atoms with van der Waals surface area (Å²) >= 11 is 3.20. The Morgan fingerprint density at radius 2 is 2.09 bits per heavy atom. The second-order valence-electron chi connectivity index (χ2n) is 4.92. The Balaban J connectivity index is 1.61. The number of tetrazole rings is 1. The first-order valence-electron chi connectivity index (χ1n) is 6.89. The summed E-state index contributed by atoms with van der Waals surface area (Å²) in [5.74, 6) is 0.750. The molecule has 0 aliphatic rings. The molecular weight excluding hydrogens is 316 g/mol. The smallest absolute Gasteiger partial charge is 0.209 e. The number of anilines is 2. The summed E-state index contributed by atoms with van der Waals surface area (Å²) in [6.45, 7) is 4.12. The van der Waals surface area contributed by atoms with Crippen LogP contribution in [0.2, 0.25) is 0 Å². The summed E-state index contributed by atoms with van der Waals surface area (Å²) in [7, 11) is 0. The maximum absolute atomic E-state index is 4.59. The zero-order valence-corrected chi connectivity index (χ0v) is 13.9. The first-order valence-corrected chi connectivity index (χ1v) is 8.76. The molecule has 1 N–H and O–H groups in total. The lowest BCUT2D eigenvalue weighted by Crippen LogP contribution is -2.04. The Bertz CT molecular complexity index is 722. The van der Waals surface area contributed by atoms with Crippen LogP contribution in [0.5, 0.6) is 0 Å². The minimum absolute atomic E-state index is 0.253. The van der Waals surface area contributed by atoms with Crippen LogP contribution >= 0.6 is 23.1 Å². The fourth-order valence-corrected chi connectivity index (χ4v) is 3.55. The first-order chi connectivity index (χ1) is 10.7. The van der Waals surface area contributed by atoms with Crippen LogP contribution in [0.25, 0.3) is 0 Å². The molecule has 0 radical (unpaired) electrons. The van der Waals surface area contributed by atoms with Gasteiger partial charge in [0, 0.05) is 16.8 Å². The third kappa shape index (κ3) is 3.63. The van der Waals surface area contributed by atoms with Gasteiger partial charge in [-0.1, -0.05) is 30.0 Å². The van der Waals surface area contributed by atoms with E-state index >= 15 is 0 Å². The average Bonchev–Trinajstić information content (AvgIpc) is 3.15. The molecule has 0 saturated carbocycles. The van der Waals surface area contributed by atoms with Crippen LogP contribution in [0.3, 0.4) is 0 Å². The summed E-state index contributed by atoms with van der Waals surface area (Å²) in [4.78, 5) is 4.59. The number of para-hydroxylation sites is 1. The highest BCUT2D eigenvalue weighted by atomic mass is 32.2. The van der Waals surface area contributed by atoms with Crippen molar-refractivity contribution in [3.8, 4) is 0 Å². The topological polar surface area (TPSA) is 68.5 Å². The van der Waals surface area contributed by atoms with Gasteiger partial charge >= 0.3 is 0 Å². The van der Waals surface area contributed by atoms with Crippen LogP contribution in [0.15, 0.2) is 40.9 Å². The largest absolute Gasteiger partial charge is 0.332 e. The van der Waals surface area contributed by atoms with Crippen molar-refractivity contribution in [2.75, 3.05) is 5.32 Å². The van der Waals surface area contributed by atoms with Gasteiger partial charge in [-0.15, -0.1) is 16.4 Å². The molecule has 0 bridgehead atoms. The number of nitrogens with one attached hydrogen (secondary N) is 1. The molecule has 3 rings (SSSR count). The Hall–Kier alpha value is -1.93. The minimum Gasteiger partial charge on any atom is -0.332 e. The number of thiazole rings is 1. The van der Waals surface area contributed by atoms with Gasteiger partial charge in [-0.05, 0) is 36.4 Å². The van der Waals surface area contributed by atoms with Gasteiger partial charge in [0.15, 0.2) is 5.13 Å². The van der Waals surface area contributed by atoms with Crippen molar-refractivity contribution >= 4 is 33.9 Å². The van der Waals surface area contributed by atoms with Crippen molar-refractivity contribution in [3.63, 3.8) is 0 Å². The Morgan fingerprint density at radius 1 is 1.27 bits per heavy atom. The molecule has 6 nitrogen and oxygen atoms in total. The van der Waals surface area contributed by atoms with E-state index in [1.54, 1.807) is 23.1 Å². The van der Waals surface area contributed by atoms with Gasteiger partial charge in [0.25, 0.3) is 0 Å². The number of hydrogen-bond acceptors (Lipinski definition) is 7. The monoisotopic (exact) mass is 332 g/mol. The van der Waals surface area contributed by atoms with Crippen molar-refractivity contribution in [1.82, 2.24) is 25.2 Å². The lowest BCUT2D eigenvalue weighted by atomic mass is 10.3. The predicted molar refractivity (Wildman–Crippen MR) is 89.6 cm³/mol. The highest BCUT2D eigenvalue weighted by molar-refractivity contribution is 7.98. The van der Waals surface area contributed by atoms with Crippen LogP contribution in [0.4, 0.5) is 10.8 Å². The fraction of sp³-hybridized carbons (Fsp3) is 0.286. The van der Waals surface area contributed by atoms with Crippen LogP contribution in [-0.4, -0.2) is 25.2 Å². The molecule has 1 aromatic carbocycles. The maximum Gasteiger partial charge on any atom is 0.209 e. The maximum atomic E-state index is 4.59. The summed E-state index contributed by atoms with van der Waals surface area (Å²) in [5.41, 5.74) is 2.06. The molecule has 3 aromatic rings. The molecule has 0 atom stereocenters. The Kier molecular flexibility index (Phi) is 4.69. The quantitative estimate of drug-likeness (QED) is 0.693. The number of benzene rings is 1. The molecule has 0 aliphatic carbocycles. The van der Waals surface area contributed by atoms with E-state index < -0.39 is 0 Å². The molecule has 2 heterocycles. The molecule has 0 spiro atoms. The van der Waals surface area contributed by atoms with E-state index in [1.165, 1.54) is 0 Å². The Morgan fingerprint density at radius 3 is 2.86 bits per heavy atom. The van der Waals surface area contributed by atoms with E-state index in [0.717, 1.165) is 27.4 Å². The van der Waals surface area contributed by atoms with Crippen LogP contribution in [-0.2, 0) is 5.75 Å². The number of nitrogens with zero attached hydrogens (tertiary/aromatic N) is 5. The molecule has 0 fully saturated rings. The molecule has 114 valence electrons. The van der Waals surface area contributed by atoms with Crippen molar-refractivity contribution in [2.24, 2.45) is 0 Å². The lowest BCUT2D eigenvalue weighted by molar-refractivity contribution is 0.477. The summed E-state index contributed by atoms with van der Waals surface area (Å²) < 4.78 is 1.82. The molecule has 2 aromatic heterocycles. The molecule has 8 heteroatoms. The van der Waals surface area contributed by atoms with Gasteiger partial charge < -0.3 is 5.32 Å². The molecular formula is C14H16N6S2. The van der Waals surface area contributed by atoms with Gasteiger partial charge in [-0.25, -0.2) is 9.67 Å². The first kappa shape index (κ1) is 15.0. The zero-order valence-electron chi connectivity index (χ0n) is 12.3. The summed E-state index contributed by atoms with van der Waals surface area (Å²) in [6, 6.07) is 10.3. The van der Waals surface area contributed by atoms with Gasteiger partial charge in [-0.2, -0.15) is 0 Å². The fourth-order valence-electron chi connectivity index (χ4n) is 1.82. The molecule has 0 amide bonds. The predicted octanol–water partition coefficient (Wildman–Crippen LogP) is 3.75. The van der Waals surface area contributed by atoms with E-state index in [-0.39, 0.29) is 6.04 Å². The van der Waals surface area contributed by atoms with Gasteiger partial charge in [0.2, 0.25) is 5.16 Å². The SMILES string of the molecule is CC(C)n1nnnc1SCc1csc(Nc2ccccc2)n1. The van der Waals surface area contributed by atoms with Gasteiger partial charge in [-0.3, -0.25) is 0 Å². The van der Waals surface area contributed by atoms with E-state index in [0.29, 0.717) is 0 Å². The highest BCUT2D eigenvalue weighted by Crippen LogP contribution is 2.26. The average molecular weight is 332 g/mol. The second kappa shape index (κ2) is 6.89. The van der Waals surface area contributed by atoms with Crippen LogP contribution in [0, 0.1) is 0 Å². The highest BCUT2D eigenvalue weighted by Gasteiger charge is 2.11. The molecule has 0 unspecified atom stereocenters. The molecule has 22 heavy (non-hydrogen) atoms. The third-order valence-corrected chi connectivity index (χ3v) is 4.65. The van der Waals surface area contributed by atoms with E-state index in [9.17, 15) is 0 Å². The van der Waals surface area contributed by atoms with E-state index in [1.807, 2.05) is 35.0 Å². The summed E-state index contributed by atoms with van der Waals surface area (Å²) in [5, 5.41) is 18.8. The van der Waals surface area contributed by atoms with Crippen molar-refractivity contribution < 1.29 is 0 Å². The van der Waals surface area contributed by atoms with Crippen LogP contribution < -0.4 is 5.32 Å². The van der Waals surface area contributed by atoms with Gasteiger partial charge in [0.1, 0.15) is 0 Å². The zero-order chi connectivity index (χ0) is 15.4. The van der Waals surface area contributed by atoms with Crippen molar-refractivity contribution in [2.45, 2.75) is 30.8 Å². The normalized spacial score (nSPS) is 11.0. The minimum atomic E-state index is 0.253. The van der Waals surface area contributed by atoms with Crippen molar-refractivity contribution in [1.29, 1.82) is 0 Å². The Labute approximate surface area is 137 Å². The van der Waals surface area contributed by atoms with Gasteiger partial charge in [0.05, 0.1) is 11.7 Å². The number of hydrogen-bond donors (Lipinski definition) is 1. The standard InChI is InChI=1S/C14H16N6S2/c1-10(2)20-14(17-18-19-20)22-9-12-8-21-13(16-12)15-11-6-4-3-5-7-11/h3-8,10H,9H2,1-2H3,(H,15,16). The van der Waals surface area contributed by atoms with Crippen molar-refractivity contribution in [3.05, 3.63) is 41.4 Å².